The number of nitrogens with zero attached hydrogens (tertiary/aromatic N) is 1. The highest BCUT2D eigenvalue weighted by Gasteiger charge is 2.45. The summed E-state index contributed by atoms with van der Waals surface area (Å²) in [6, 6.07) is 10.4. The molecule has 0 radical (unpaired) electrons. The number of methoxy groups -OCH3 is 2. The Balaban J connectivity index is 1.72. The van der Waals surface area contributed by atoms with Gasteiger partial charge in [0.05, 0.1) is 20.3 Å². The maximum atomic E-state index is 15.6. The fourth-order valence-corrected chi connectivity index (χ4v) is 5.94. The number of rotatable bonds is 10. The van der Waals surface area contributed by atoms with E-state index in [9.17, 15) is 9.90 Å². The van der Waals surface area contributed by atoms with E-state index >= 15 is 4.39 Å². The molecule has 38 heavy (non-hydrogen) atoms. The predicted octanol–water partition coefficient (Wildman–Crippen LogP) is 4.17. The lowest BCUT2D eigenvalue weighted by Gasteiger charge is -2.43. The molecule has 0 bridgehead atoms. The fraction of sp³-hybridized carbons (Fsp3) is 0.567. The number of amides is 1. The van der Waals surface area contributed by atoms with E-state index in [0.29, 0.717) is 61.5 Å². The number of ether oxygens (including phenoxy) is 3. The van der Waals surface area contributed by atoms with E-state index in [2.05, 4.69) is 0 Å². The van der Waals surface area contributed by atoms with Crippen molar-refractivity contribution in [2.45, 2.75) is 63.2 Å². The molecule has 2 fully saturated rings. The average Bonchev–Trinajstić information content (AvgIpc) is 3.36. The van der Waals surface area contributed by atoms with Crippen LogP contribution < -0.4 is 10.5 Å². The van der Waals surface area contributed by atoms with Gasteiger partial charge in [-0.3, -0.25) is 4.79 Å². The summed E-state index contributed by atoms with van der Waals surface area (Å²) in [4.78, 5) is 15.1. The first-order chi connectivity index (χ1) is 18.3. The molecule has 1 aliphatic heterocycles. The number of hydrogen-bond donors (Lipinski definition) is 2. The summed E-state index contributed by atoms with van der Waals surface area (Å²) in [5.74, 6) is 0.145. The summed E-state index contributed by atoms with van der Waals surface area (Å²) >= 11 is 0. The van der Waals surface area contributed by atoms with Crippen LogP contribution in [0.25, 0.3) is 11.1 Å². The van der Waals surface area contributed by atoms with Crippen molar-refractivity contribution in [2.75, 3.05) is 40.5 Å². The second-order valence-corrected chi connectivity index (χ2v) is 10.7. The smallest absolute Gasteiger partial charge is 0.225 e. The van der Waals surface area contributed by atoms with Gasteiger partial charge in [-0.15, -0.1) is 0 Å². The molecule has 1 heterocycles. The molecule has 4 rings (SSSR count). The highest BCUT2D eigenvalue weighted by molar-refractivity contribution is 5.79. The Morgan fingerprint density at radius 2 is 2.05 bits per heavy atom. The third-order valence-corrected chi connectivity index (χ3v) is 7.94. The summed E-state index contributed by atoms with van der Waals surface area (Å²) in [5, 5.41) is 12.5. The van der Waals surface area contributed by atoms with Crippen molar-refractivity contribution in [3.05, 3.63) is 53.3 Å². The van der Waals surface area contributed by atoms with E-state index in [1.807, 2.05) is 19.1 Å². The van der Waals surface area contributed by atoms with Gasteiger partial charge in [0.2, 0.25) is 5.91 Å². The number of aryl methyl sites for hydroxylation is 1. The first kappa shape index (κ1) is 28.5. The molecule has 4 unspecified atom stereocenters. The summed E-state index contributed by atoms with van der Waals surface area (Å²) in [7, 11) is 3.22. The minimum Gasteiger partial charge on any atom is -0.497 e. The van der Waals surface area contributed by atoms with Crippen LogP contribution in [0.3, 0.4) is 0 Å². The minimum absolute atomic E-state index is 0.0553. The van der Waals surface area contributed by atoms with Crippen molar-refractivity contribution in [2.24, 2.45) is 11.7 Å². The Kier molecular flexibility index (Phi) is 9.41. The van der Waals surface area contributed by atoms with Crippen LogP contribution in [0, 0.1) is 18.7 Å². The zero-order valence-electron chi connectivity index (χ0n) is 22.7. The van der Waals surface area contributed by atoms with Gasteiger partial charge in [-0.25, -0.2) is 4.39 Å². The average molecular weight is 529 g/mol. The molecule has 1 aliphatic carbocycles. The Labute approximate surface area is 225 Å². The van der Waals surface area contributed by atoms with Crippen molar-refractivity contribution in [3.63, 3.8) is 0 Å². The lowest BCUT2D eigenvalue weighted by Crippen LogP contribution is -2.55. The normalized spacial score (nSPS) is 23.3. The molecule has 8 heteroatoms. The Bertz CT molecular complexity index is 1110. The van der Waals surface area contributed by atoms with Gasteiger partial charge in [-0.1, -0.05) is 18.2 Å². The van der Waals surface area contributed by atoms with Crippen molar-refractivity contribution in [1.82, 2.24) is 4.90 Å². The van der Waals surface area contributed by atoms with E-state index in [0.717, 1.165) is 24.8 Å². The summed E-state index contributed by atoms with van der Waals surface area (Å²) in [6.07, 6.45) is 3.30. The lowest BCUT2D eigenvalue weighted by atomic mass is 9.78. The van der Waals surface area contributed by atoms with Crippen LogP contribution in [0.15, 0.2) is 36.4 Å². The number of aliphatic hydroxyl groups is 1. The second-order valence-electron chi connectivity index (χ2n) is 10.7. The third-order valence-electron chi connectivity index (χ3n) is 7.94. The second kappa shape index (κ2) is 12.6. The largest absolute Gasteiger partial charge is 0.497 e. The maximum Gasteiger partial charge on any atom is 0.225 e. The molecule has 2 aliphatic rings. The molecule has 2 aromatic carbocycles. The van der Waals surface area contributed by atoms with Crippen LogP contribution in [0.5, 0.6) is 5.75 Å². The summed E-state index contributed by atoms with van der Waals surface area (Å²) < 4.78 is 32.4. The molecule has 208 valence electrons. The number of carbonyl (C=O) groups is 1. The van der Waals surface area contributed by atoms with Crippen LogP contribution in [0.1, 0.15) is 49.7 Å². The first-order valence-corrected chi connectivity index (χ1v) is 13.6. The number of carbonyl (C=O) groups excluding carboxylic acids is 1. The summed E-state index contributed by atoms with van der Waals surface area (Å²) in [5.41, 5.74) is 6.84. The maximum absolute atomic E-state index is 15.6. The van der Waals surface area contributed by atoms with Gasteiger partial charge in [-0.05, 0) is 80.3 Å². The van der Waals surface area contributed by atoms with Crippen LogP contribution in [0.4, 0.5) is 4.39 Å². The molecule has 4 atom stereocenters. The van der Waals surface area contributed by atoms with Crippen LogP contribution >= 0.6 is 0 Å². The van der Waals surface area contributed by atoms with E-state index in [1.54, 1.807) is 37.3 Å². The van der Waals surface area contributed by atoms with E-state index in [-0.39, 0.29) is 24.4 Å². The molecule has 1 amide bonds. The molecule has 0 spiro atoms. The van der Waals surface area contributed by atoms with Crippen molar-refractivity contribution < 1.29 is 28.5 Å². The van der Waals surface area contributed by atoms with Gasteiger partial charge < -0.3 is 30.0 Å². The number of hydrogen-bond acceptors (Lipinski definition) is 6. The predicted molar refractivity (Wildman–Crippen MR) is 144 cm³/mol. The van der Waals surface area contributed by atoms with Crippen LogP contribution in [-0.4, -0.2) is 68.6 Å². The number of nitrogens with two attached hydrogens (primary N) is 1. The zero-order chi connectivity index (χ0) is 27.3. The van der Waals surface area contributed by atoms with Crippen LogP contribution in [0.2, 0.25) is 0 Å². The lowest BCUT2D eigenvalue weighted by molar-refractivity contribution is -0.167. The molecular formula is C30H41FN2O5. The van der Waals surface area contributed by atoms with Crippen LogP contribution in [-0.2, 0) is 19.9 Å². The molecule has 0 aromatic heterocycles. The third kappa shape index (κ3) is 6.20. The molecular weight excluding hydrogens is 487 g/mol. The van der Waals surface area contributed by atoms with Gasteiger partial charge in [0.1, 0.15) is 23.3 Å². The van der Waals surface area contributed by atoms with E-state index in [1.165, 1.54) is 6.07 Å². The van der Waals surface area contributed by atoms with Gasteiger partial charge in [0.25, 0.3) is 0 Å². The standard InChI is InChI=1S/C30H41FN2O5/c1-20-15-22(18-24(16-20)37-3)28-25(7-6-8-26(28)31)30(35,11-4-5-13-36-2)27-19-33(12-14-38-27)29(34)21-9-10-23(32)17-21/h6-8,15-16,18,21,23,27,35H,4-5,9-14,17,19,32H2,1-3H3. The minimum atomic E-state index is -1.53. The topological polar surface area (TPSA) is 94.2 Å². The van der Waals surface area contributed by atoms with Gasteiger partial charge in [-0.2, -0.15) is 0 Å². The molecule has 3 N–H and O–H groups in total. The van der Waals surface area contributed by atoms with Gasteiger partial charge >= 0.3 is 0 Å². The fourth-order valence-electron chi connectivity index (χ4n) is 5.94. The van der Waals surface area contributed by atoms with Crippen molar-refractivity contribution in [1.29, 1.82) is 0 Å². The number of unbranched alkanes of at least 4 members (excludes halogenated alkanes) is 1. The monoisotopic (exact) mass is 528 g/mol. The molecule has 1 saturated carbocycles. The first-order valence-electron chi connectivity index (χ1n) is 13.6. The quantitative estimate of drug-likeness (QED) is 0.450. The van der Waals surface area contributed by atoms with Gasteiger partial charge in [0.15, 0.2) is 0 Å². The zero-order valence-corrected chi connectivity index (χ0v) is 22.7. The van der Waals surface area contributed by atoms with E-state index in [4.69, 9.17) is 19.9 Å². The number of halogens is 1. The molecule has 7 nitrogen and oxygen atoms in total. The number of morpholine rings is 1. The highest BCUT2D eigenvalue weighted by Crippen LogP contribution is 2.42. The van der Waals surface area contributed by atoms with Crippen molar-refractivity contribution in [3.8, 4) is 16.9 Å². The summed E-state index contributed by atoms with van der Waals surface area (Å²) in [6.45, 7) is 3.48. The Morgan fingerprint density at radius 3 is 2.76 bits per heavy atom. The van der Waals surface area contributed by atoms with Crippen molar-refractivity contribution >= 4 is 5.91 Å². The Morgan fingerprint density at radius 1 is 1.24 bits per heavy atom. The molecule has 2 aromatic rings. The van der Waals surface area contributed by atoms with E-state index < -0.39 is 17.5 Å². The number of benzene rings is 2. The SMILES string of the molecule is COCCCCC(O)(c1cccc(F)c1-c1cc(C)cc(OC)c1)C1CN(C(=O)C2CCC(N)C2)CCO1. The van der Waals surface area contributed by atoms with Gasteiger partial charge in [0, 0.05) is 37.8 Å². The Hall–Kier alpha value is -2.52. The highest BCUT2D eigenvalue weighted by atomic mass is 19.1. The molecule has 1 saturated heterocycles.